The Morgan fingerprint density at radius 1 is 1.33 bits per heavy atom. The van der Waals surface area contributed by atoms with Gasteiger partial charge in [0.05, 0.1) is 6.04 Å². The van der Waals surface area contributed by atoms with Crippen LogP contribution in [0.2, 0.25) is 0 Å². The van der Waals surface area contributed by atoms with Crippen LogP contribution in [-0.4, -0.2) is 23.2 Å². The standard InChI is InChI=1S/C17H21N2O2/c1-2-3-4-9-17(21)19-14(12-20)10-13-11-18-16-8-6-5-7-15(13)16/h5-8,11,14,18H,2-4,9-10H2,1H3,(H,19,21)/t14-/m0/s1. The van der Waals surface area contributed by atoms with Gasteiger partial charge in [0, 0.05) is 29.9 Å². The van der Waals surface area contributed by atoms with Crippen molar-refractivity contribution in [2.45, 2.75) is 45.1 Å². The molecule has 4 heteroatoms. The van der Waals surface area contributed by atoms with Crippen molar-refractivity contribution in [3.63, 3.8) is 0 Å². The van der Waals surface area contributed by atoms with Gasteiger partial charge in [0.15, 0.2) is 0 Å². The van der Waals surface area contributed by atoms with Crippen LogP contribution >= 0.6 is 0 Å². The summed E-state index contributed by atoms with van der Waals surface area (Å²) < 4.78 is 0. The second kappa shape index (κ2) is 7.62. The third-order valence-electron chi connectivity index (χ3n) is 3.58. The van der Waals surface area contributed by atoms with Crippen molar-refractivity contribution in [2.24, 2.45) is 0 Å². The molecular weight excluding hydrogens is 264 g/mol. The molecule has 0 aliphatic carbocycles. The van der Waals surface area contributed by atoms with E-state index in [9.17, 15) is 9.59 Å². The van der Waals surface area contributed by atoms with Crippen molar-refractivity contribution in [2.75, 3.05) is 0 Å². The number of hydrogen-bond donors (Lipinski definition) is 2. The number of unbranched alkanes of at least 4 members (excludes halogenated alkanes) is 2. The average molecular weight is 285 g/mol. The van der Waals surface area contributed by atoms with Crippen LogP contribution in [0.1, 0.15) is 38.2 Å². The summed E-state index contributed by atoms with van der Waals surface area (Å²) in [5.74, 6) is -0.0726. The Labute approximate surface area is 124 Å². The summed E-state index contributed by atoms with van der Waals surface area (Å²) in [6.45, 7) is 2.09. The molecule has 111 valence electrons. The fourth-order valence-electron chi connectivity index (χ4n) is 2.44. The summed E-state index contributed by atoms with van der Waals surface area (Å²) in [5.41, 5.74) is 2.05. The van der Waals surface area contributed by atoms with Gasteiger partial charge in [0.2, 0.25) is 12.2 Å². The molecule has 1 heterocycles. The normalized spacial score (nSPS) is 12.2. The number of nitrogens with one attached hydrogen (secondary N) is 2. The first-order valence-corrected chi connectivity index (χ1v) is 7.46. The van der Waals surface area contributed by atoms with E-state index in [0.717, 1.165) is 35.7 Å². The fraction of sp³-hybridized carbons (Fsp3) is 0.412. The van der Waals surface area contributed by atoms with Crippen molar-refractivity contribution < 1.29 is 9.59 Å². The lowest BCUT2D eigenvalue weighted by molar-refractivity contribution is -0.121. The molecule has 1 amide bonds. The van der Waals surface area contributed by atoms with Crippen molar-refractivity contribution >= 4 is 23.1 Å². The number of aromatic amines is 1. The largest absolute Gasteiger partial charge is 0.361 e. The summed E-state index contributed by atoms with van der Waals surface area (Å²) in [4.78, 5) is 26.0. The maximum atomic E-state index is 11.8. The first-order valence-electron chi connectivity index (χ1n) is 7.46. The van der Waals surface area contributed by atoms with Crippen molar-refractivity contribution in [3.05, 3.63) is 36.0 Å². The number of benzene rings is 1. The van der Waals surface area contributed by atoms with Gasteiger partial charge in [-0.05, 0) is 18.1 Å². The molecule has 0 aliphatic rings. The molecule has 1 aromatic heterocycles. The van der Waals surface area contributed by atoms with Crippen LogP contribution in [-0.2, 0) is 16.0 Å². The summed E-state index contributed by atoms with van der Waals surface area (Å²) in [6, 6.07) is 7.33. The minimum atomic E-state index is -0.585. The van der Waals surface area contributed by atoms with Crippen LogP contribution in [0.3, 0.4) is 0 Å². The molecule has 0 spiro atoms. The van der Waals surface area contributed by atoms with Gasteiger partial charge >= 0.3 is 0 Å². The molecule has 2 rings (SSSR count). The van der Waals surface area contributed by atoms with E-state index < -0.39 is 6.04 Å². The van der Waals surface area contributed by atoms with E-state index in [0.29, 0.717) is 12.8 Å². The highest BCUT2D eigenvalue weighted by Gasteiger charge is 2.15. The van der Waals surface area contributed by atoms with Crippen molar-refractivity contribution in [3.8, 4) is 0 Å². The first-order chi connectivity index (χ1) is 10.2. The molecule has 0 aliphatic heterocycles. The molecule has 1 atom stereocenters. The molecule has 0 saturated heterocycles. The number of fused-ring (bicyclic) bond motifs is 1. The zero-order chi connectivity index (χ0) is 15.1. The molecule has 1 aromatic carbocycles. The van der Waals surface area contributed by atoms with E-state index in [2.05, 4.69) is 17.2 Å². The van der Waals surface area contributed by atoms with Crippen LogP contribution in [0.25, 0.3) is 10.9 Å². The van der Waals surface area contributed by atoms with Crippen molar-refractivity contribution in [1.29, 1.82) is 0 Å². The van der Waals surface area contributed by atoms with Gasteiger partial charge in [-0.2, -0.15) is 0 Å². The topological polar surface area (TPSA) is 62.0 Å². The maximum Gasteiger partial charge on any atom is 0.223 e. The van der Waals surface area contributed by atoms with Gasteiger partial charge in [-0.3, -0.25) is 9.59 Å². The van der Waals surface area contributed by atoms with Crippen molar-refractivity contribution in [1.82, 2.24) is 10.3 Å². The molecule has 0 fully saturated rings. The summed E-state index contributed by atoms with van der Waals surface area (Å²) >= 11 is 0. The number of hydrogen-bond acceptors (Lipinski definition) is 2. The monoisotopic (exact) mass is 285 g/mol. The van der Waals surface area contributed by atoms with E-state index in [1.54, 1.807) is 0 Å². The van der Waals surface area contributed by atoms with E-state index >= 15 is 0 Å². The second-order valence-corrected chi connectivity index (χ2v) is 5.26. The van der Waals surface area contributed by atoms with E-state index in [-0.39, 0.29) is 5.91 Å². The summed E-state index contributed by atoms with van der Waals surface area (Å²) in [5, 5.41) is 3.83. The van der Waals surface area contributed by atoms with E-state index in [1.165, 1.54) is 0 Å². The Bertz CT molecular complexity index is 604. The number of amides is 1. The zero-order valence-corrected chi connectivity index (χ0v) is 12.3. The number of para-hydroxylation sites is 1. The second-order valence-electron chi connectivity index (χ2n) is 5.26. The summed E-state index contributed by atoms with van der Waals surface area (Å²) in [7, 11) is 0. The molecule has 21 heavy (non-hydrogen) atoms. The molecule has 2 aromatic rings. The number of rotatable bonds is 8. The molecule has 4 nitrogen and oxygen atoms in total. The first kappa shape index (κ1) is 15.3. The van der Waals surface area contributed by atoms with Crippen LogP contribution in [0, 0.1) is 0 Å². The molecule has 0 saturated carbocycles. The highest BCUT2D eigenvalue weighted by Crippen LogP contribution is 2.18. The lowest BCUT2D eigenvalue weighted by Gasteiger charge is -2.11. The Balaban J connectivity index is 1.96. The SMILES string of the molecule is CCCCCC(=O)N[C@H]([C]=O)Cc1c[nH]c2ccccc12. The van der Waals surface area contributed by atoms with Crippen LogP contribution in [0.15, 0.2) is 30.5 Å². The van der Waals surface area contributed by atoms with Crippen LogP contribution in [0.5, 0.6) is 0 Å². The molecule has 2 N–H and O–H groups in total. The molecular formula is C17H21N2O2. The number of aromatic nitrogens is 1. The van der Waals surface area contributed by atoms with Gasteiger partial charge in [0.25, 0.3) is 0 Å². The number of H-pyrrole nitrogens is 1. The van der Waals surface area contributed by atoms with E-state index in [1.807, 2.05) is 36.7 Å². The van der Waals surface area contributed by atoms with E-state index in [4.69, 9.17) is 0 Å². The maximum absolute atomic E-state index is 11.8. The third kappa shape index (κ3) is 4.18. The fourth-order valence-corrected chi connectivity index (χ4v) is 2.44. The van der Waals surface area contributed by atoms with Gasteiger partial charge < -0.3 is 10.3 Å². The highest BCUT2D eigenvalue weighted by molar-refractivity contribution is 5.84. The smallest absolute Gasteiger partial charge is 0.223 e. The van der Waals surface area contributed by atoms with Gasteiger partial charge in [-0.25, -0.2) is 0 Å². The number of carbonyl (C=O) groups excluding carboxylic acids is 2. The Morgan fingerprint density at radius 3 is 2.90 bits per heavy atom. The highest BCUT2D eigenvalue weighted by atomic mass is 16.2. The van der Waals surface area contributed by atoms with Crippen LogP contribution in [0.4, 0.5) is 0 Å². The quantitative estimate of drug-likeness (QED) is 0.733. The zero-order valence-electron chi connectivity index (χ0n) is 12.3. The Kier molecular flexibility index (Phi) is 5.55. The van der Waals surface area contributed by atoms with Crippen LogP contribution < -0.4 is 5.32 Å². The minimum absolute atomic E-state index is 0.0726. The predicted molar refractivity (Wildman–Crippen MR) is 83.8 cm³/mol. The number of carbonyl (C=O) groups is 1. The lowest BCUT2D eigenvalue weighted by atomic mass is 10.1. The molecule has 0 bridgehead atoms. The summed E-state index contributed by atoms with van der Waals surface area (Å²) in [6.07, 6.45) is 7.73. The lowest BCUT2D eigenvalue weighted by Crippen LogP contribution is -2.37. The van der Waals surface area contributed by atoms with Gasteiger partial charge in [-0.1, -0.05) is 38.0 Å². The molecule has 0 unspecified atom stereocenters. The molecule has 1 radical (unpaired) electrons. The predicted octanol–water partition coefficient (Wildman–Crippen LogP) is 2.89. The third-order valence-corrected chi connectivity index (χ3v) is 3.58. The van der Waals surface area contributed by atoms with Gasteiger partial charge in [-0.15, -0.1) is 0 Å². The minimum Gasteiger partial charge on any atom is -0.361 e. The Morgan fingerprint density at radius 2 is 2.14 bits per heavy atom. The van der Waals surface area contributed by atoms with Gasteiger partial charge in [0.1, 0.15) is 0 Å². The average Bonchev–Trinajstić information content (AvgIpc) is 2.90. The Hall–Kier alpha value is -2.10.